The molecule has 3 N–H and O–H groups in total. The van der Waals surface area contributed by atoms with Crippen molar-refractivity contribution in [2.75, 3.05) is 5.32 Å². The number of carbonyl (C=O) groups excluding carboxylic acids is 2. The molecule has 6 nitrogen and oxygen atoms in total. The third-order valence-corrected chi connectivity index (χ3v) is 3.72. The fraction of sp³-hybridized carbons (Fsp3) is 0.278. The van der Waals surface area contributed by atoms with Gasteiger partial charge in [0.15, 0.2) is 11.6 Å². The molecule has 6 heteroatoms. The Balaban J connectivity index is 2.09. The number of aliphatic hydroxyl groups excluding tert-OH is 1. The maximum absolute atomic E-state index is 12.0. The molecule has 1 aromatic carbocycles. The average molecular weight is 329 g/mol. The number of allylic oxidation sites excluding steroid dienone is 2. The van der Waals surface area contributed by atoms with E-state index in [0.29, 0.717) is 5.69 Å². The Morgan fingerprint density at radius 1 is 1.08 bits per heavy atom. The lowest BCUT2D eigenvalue weighted by Crippen LogP contribution is -2.32. The molecule has 0 aliphatic heterocycles. The van der Waals surface area contributed by atoms with Crippen molar-refractivity contribution in [3.63, 3.8) is 0 Å². The predicted octanol–water partition coefficient (Wildman–Crippen LogP) is 3.08. The van der Waals surface area contributed by atoms with Crippen LogP contribution in [0.4, 0.5) is 5.69 Å². The number of aromatic carboxylic acids is 1. The molecular formula is C18H19NO5. The van der Waals surface area contributed by atoms with Crippen molar-refractivity contribution in [1.29, 1.82) is 0 Å². The van der Waals surface area contributed by atoms with Gasteiger partial charge in [0.2, 0.25) is 0 Å². The van der Waals surface area contributed by atoms with E-state index in [9.17, 15) is 19.5 Å². The van der Waals surface area contributed by atoms with Gasteiger partial charge in [0.05, 0.1) is 5.56 Å². The second kappa shape index (κ2) is 6.70. The number of nitrogens with one attached hydrogen (secondary N) is 1. The number of carboxylic acid groups (broad SMARTS) is 1. The Labute approximate surface area is 139 Å². The molecule has 24 heavy (non-hydrogen) atoms. The Morgan fingerprint density at radius 2 is 1.62 bits per heavy atom. The van der Waals surface area contributed by atoms with Gasteiger partial charge in [-0.2, -0.15) is 0 Å². The molecule has 0 saturated heterocycles. The normalized spacial score (nSPS) is 17.2. The number of carbonyl (C=O) groups is 3. The van der Waals surface area contributed by atoms with E-state index < -0.39 is 5.97 Å². The second-order valence-corrected chi connectivity index (χ2v) is 6.48. The number of aliphatic hydroxyl groups is 1. The molecule has 0 bridgehead atoms. The first kappa shape index (κ1) is 17.5. The number of rotatable bonds is 4. The van der Waals surface area contributed by atoms with E-state index in [4.69, 9.17) is 5.11 Å². The molecule has 1 aliphatic carbocycles. The first-order valence-corrected chi connectivity index (χ1v) is 7.46. The monoisotopic (exact) mass is 329 g/mol. The van der Waals surface area contributed by atoms with Crippen LogP contribution in [0, 0.1) is 5.41 Å². The zero-order valence-corrected chi connectivity index (χ0v) is 13.5. The van der Waals surface area contributed by atoms with Gasteiger partial charge in [0.1, 0.15) is 11.3 Å². The van der Waals surface area contributed by atoms with E-state index in [1.165, 1.54) is 24.4 Å². The van der Waals surface area contributed by atoms with Gasteiger partial charge < -0.3 is 15.5 Å². The van der Waals surface area contributed by atoms with Gasteiger partial charge in [-0.1, -0.05) is 13.8 Å². The van der Waals surface area contributed by atoms with Crippen LogP contribution in [0.1, 0.15) is 37.0 Å². The Hall–Kier alpha value is -2.89. The summed E-state index contributed by atoms with van der Waals surface area (Å²) in [5, 5.41) is 21.7. The number of ketones is 2. The van der Waals surface area contributed by atoms with Gasteiger partial charge in [0, 0.05) is 24.7 Å². The highest BCUT2D eigenvalue weighted by atomic mass is 16.4. The SMILES string of the molecule is CC1(C)CC(=O)C(=C(O)/C=C/Nc2ccc(C(=O)O)cc2)C(=O)C1. The van der Waals surface area contributed by atoms with E-state index in [1.54, 1.807) is 12.1 Å². The van der Waals surface area contributed by atoms with Crippen LogP contribution in [-0.2, 0) is 9.59 Å². The third kappa shape index (κ3) is 4.10. The van der Waals surface area contributed by atoms with Crippen LogP contribution in [0.15, 0.2) is 47.9 Å². The summed E-state index contributed by atoms with van der Waals surface area (Å²) in [6.07, 6.45) is 3.07. The minimum absolute atomic E-state index is 0.159. The average Bonchev–Trinajstić information content (AvgIpc) is 2.45. The largest absolute Gasteiger partial charge is 0.507 e. The summed E-state index contributed by atoms with van der Waals surface area (Å²) in [7, 11) is 0. The smallest absolute Gasteiger partial charge is 0.335 e. The van der Waals surface area contributed by atoms with Crippen molar-refractivity contribution in [3.8, 4) is 0 Å². The van der Waals surface area contributed by atoms with Gasteiger partial charge in [-0.3, -0.25) is 9.59 Å². The van der Waals surface area contributed by atoms with Gasteiger partial charge >= 0.3 is 5.97 Å². The predicted molar refractivity (Wildman–Crippen MR) is 88.8 cm³/mol. The van der Waals surface area contributed by atoms with Crippen molar-refractivity contribution in [1.82, 2.24) is 0 Å². The molecular weight excluding hydrogens is 310 g/mol. The molecule has 0 atom stereocenters. The van der Waals surface area contributed by atoms with Crippen LogP contribution in [0.3, 0.4) is 0 Å². The highest BCUT2D eigenvalue weighted by Crippen LogP contribution is 2.34. The summed E-state index contributed by atoms with van der Waals surface area (Å²) in [4.78, 5) is 34.9. The van der Waals surface area contributed by atoms with Crippen LogP contribution in [-0.4, -0.2) is 27.7 Å². The molecule has 126 valence electrons. The fourth-order valence-corrected chi connectivity index (χ4v) is 2.56. The van der Waals surface area contributed by atoms with Crippen molar-refractivity contribution in [3.05, 3.63) is 53.4 Å². The molecule has 0 radical (unpaired) electrons. The number of anilines is 1. The standard InChI is InChI=1S/C18H19NO5/c1-18(2)9-14(21)16(15(22)10-18)13(20)7-8-19-12-5-3-11(4-6-12)17(23)24/h3-8,19-20H,9-10H2,1-2H3,(H,23,24)/b8-7+. The molecule has 2 rings (SSSR count). The van der Waals surface area contributed by atoms with Crippen molar-refractivity contribution in [2.24, 2.45) is 5.41 Å². The van der Waals surface area contributed by atoms with Gasteiger partial charge in [0.25, 0.3) is 0 Å². The van der Waals surface area contributed by atoms with Crippen LogP contribution in [0.25, 0.3) is 0 Å². The van der Waals surface area contributed by atoms with E-state index in [0.717, 1.165) is 0 Å². The highest BCUT2D eigenvalue weighted by molar-refractivity contribution is 6.22. The van der Waals surface area contributed by atoms with Crippen LogP contribution in [0.2, 0.25) is 0 Å². The van der Waals surface area contributed by atoms with Crippen LogP contribution >= 0.6 is 0 Å². The number of hydrogen-bond donors (Lipinski definition) is 3. The zero-order chi connectivity index (χ0) is 17.9. The first-order valence-electron chi connectivity index (χ1n) is 7.46. The van der Waals surface area contributed by atoms with Crippen LogP contribution < -0.4 is 5.32 Å². The topological polar surface area (TPSA) is 104 Å². The van der Waals surface area contributed by atoms with Crippen molar-refractivity contribution >= 4 is 23.2 Å². The summed E-state index contributed by atoms with van der Waals surface area (Å²) in [6.45, 7) is 3.68. The molecule has 1 aliphatic rings. The first-order chi connectivity index (χ1) is 11.2. The van der Waals surface area contributed by atoms with Gasteiger partial charge in [-0.25, -0.2) is 4.79 Å². The van der Waals surface area contributed by atoms with E-state index in [-0.39, 0.29) is 46.7 Å². The molecule has 0 unspecified atom stereocenters. The molecule has 0 amide bonds. The minimum Gasteiger partial charge on any atom is -0.507 e. The van der Waals surface area contributed by atoms with E-state index in [2.05, 4.69) is 5.32 Å². The lowest BCUT2D eigenvalue weighted by atomic mass is 9.74. The fourth-order valence-electron chi connectivity index (χ4n) is 2.56. The Morgan fingerprint density at radius 3 is 2.12 bits per heavy atom. The summed E-state index contributed by atoms with van der Waals surface area (Å²) >= 11 is 0. The van der Waals surface area contributed by atoms with Crippen LogP contribution in [0.5, 0.6) is 0 Å². The number of benzene rings is 1. The zero-order valence-electron chi connectivity index (χ0n) is 13.5. The number of carboxylic acids is 1. The minimum atomic E-state index is -1.02. The van der Waals surface area contributed by atoms with Gasteiger partial charge in [-0.15, -0.1) is 0 Å². The molecule has 1 fully saturated rings. The molecule has 0 spiro atoms. The van der Waals surface area contributed by atoms with Crippen molar-refractivity contribution < 1.29 is 24.6 Å². The van der Waals surface area contributed by atoms with Gasteiger partial charge in [-0.05, 0) is 35.8 Å². The van der Waals surface area contributed by atoms with E-state index in [1.807, 2.05) is 13.8 Å². The quantitative estimate of drug-likeness (QED) is 0.445. The summed E-state index contributed by atoms with van der Waals surface area (Å²) in [6, 6.07) is 6.01. The Bertz CT molecular complexity index is 719. The molecule has 0 heterocycles. The summed E-state index contributed by atoms with van der Waals surface area (Å²) in [5.74, 6) is -2.10. The molecule has 0 aromatic heterocycles. The summed E-state index contributed by atoms with van der Waals surface area (Å²) in [5.41, 5.74) is 0.229. The maximum Gasteiger partial charge on any atom is 0.335 e. The lowest BCUT2D eigenvalue weighted by Gasteiger charge is -2.28. The van der Waals surface area contributed by atoms with E-state index >= 15 is 0 Å². The highest BCUT2D eigenvalue weighted by Gasteiger charge is 2.37. The van der Waals surface area contributed by atoms with Crippen molar-refractivity contribution in [2.45, 2.75) is 26.7 Å². The Kier molecular flexibility index (Phi) is 4.87. The third-order valence-electron chi connectivity index (χ3n) is 3.72. The second-order valence-electron chi connectivity index (χ2n) is 6.48. The lowest BCUT2D eigenvalue weighted by molar-refractivity contribution is -0.127. The molecule has 1 saturated carbocycles. The summed E-state index contributed by atoms with van der Waals surface area (Å²) < 4.78 is 0. The number of hydrogen-bond acceptors (Lipinski definition) is 5. The number of Topliss-reactive ketones (excluding diaryl/α,β-unsaturated/α-hetero) is 2. The molecule has 1 aromatic rings. The maximum atomic E-state index is 12.0.